The number of hydrogen-bond acceptors (Lipinski definition) is 3. The molecule has 0 bridgehead atoms. The molecule has 4 heteroatoms. The Morgan fingerprint density at radius 3 is 3.00 bits per heavy atom. The largest absolute Gasteiger partial charge is 0.496 e. The van der Waals surface area contributed by atoms with Crippen molar-refractivity contribution in [2.24, 2.45) is 0 Å². The highest BCUT2D eigenvalue weighted by Gasteiger charge is 2.25. The lowest BCUT2D eigenvalue weighted by Gasteiger charge is -2.35. The van der Waals surface area contributed by atoms with E-state index in [1.54, 1.807) is 7.11 Å². The highest BCUT2D eigenvalue weighted by atomic mass is 35.5. The standard InChI is InChI=1S/C16H25ClN2O/c1-3-10-18-19(11-9-17)14-8-7-13-5-4-6-16(20-2)15(13)12-14/h4-6,14,18H,3,7-12H2,1-2H3. The minimum Gasteiger partial charge on any atom is -0.496 e. The molecule has 0 aliphatic heterocycles. The van der Waals surface area contributed by atoms with Crippen LogP contribution in [0.3, 0.4) is 0 Å². The first-order chi connectivity index (χ1) is 9.80. The number of fused-ring (bicyclic) bond motifs is 1. The molecule has 1 N–H and O–H groups in total. The molecule has 20 heavy (non-hydrogen) atoms. The summed E-state index contributed by atoms with van der Waals surface area (Å²) >= 11 is 5.95. The van der Waals surface area contributed by atoms with Crippen molar-refractivity contribution < 1.29 is 4.74 Å². The van der Waals surface area contributed by atoms with Gasteiger partial charge < -0.3 is 4.74 Å². The lowest BCUT2D eigenvalue weighted by molar-refractivity contribution is 0.120. The van der Waals surface area contributed by atoms with E-state index in [0.717, 1.165) is 38.1 Å². The van der Waals surface area contributed by atoms with Crippen molar-refractivity contribution in [2.75, 3.05) is 26.1 Å². The van der Waals surface area contributed by atoms with Crippen LogP contribution in [0.2, 0.25) is 0 Å². The summed E-state index contributed by atoms with van der Waals surface area (Å²) < 4.78 is 5.52. The Bertz CT molecular complexity index is 411. The first-order valence-electron chi connectivity index (χ1n) is 7.51. The van der Waals surface area contributed by atoms with Crippen molar-refractivity contribution in [3.05, 3.63) is 29.3 Å². The van der Waals surface area contributed by atoms with Crippen LogP contribution >= 0.6 is 11.6 Å². The van der Waals surface area contributed by atoms with Crippen molar-refractivity contribution in [1.82, 2.24) is 10.4 Å². The van der Waals surface area contributed by atoms with Crippen molar-refractivity contribution in [3.8, 4) is 5.75 Å². The van der Waals surface area contributed by atoms with Crippen LogP contribution in [0.5, 0.6) is 5.75 Å². The number of nitrogens with zero attached hydrogens (tertiary/aromatic N) is 1. The molecule has 2 rings (SSSR count). The Morgan fingerprint density at radius 2 is 2.30 bits per heavy atom. The highest BCUT2D eigenvalue weighted by molar-refractivity contribution is 6.18. The SMILES string of the molecule is CCCNN(CCCl)C1CCc2cccc(OC)c2C1. The Balaban J connectivity index is 2.11. The number of halogens is 1. The molecule has 0 saturated heterocycles. The van der Waals surface area contributed by atoms with E-state index in [9.17, 15) is 0 Å². The predicted octanol–water partition coefficient (Wildman–Crippen LogP) is 3.01. The van der Waals surface area contributed by atoms with Gasteiger partial charge in [-0.2, -0.15) is 0 Å². The fourth-order valence-electron chi connectivity index (χ4n) is 2.93. The molecular formula is C16H25ClN2O. The number of rotatable bonds is 7. The number of hydrogen-bond donors (Lipinski definition) is 1. The second kappa shape index (κ2) is 7.87. The maximum absolute atomic E-state index is 5.95. The summed E-state index contributed by atoms with van der Waals surface area (Å²) in [5.74, 6) is 1.68. The molecule has 3 nitrogen and oxygen atoms in total. The Labute approximate surface area is 127 Å². The zero-order valence-electron chi connectivity index (χ0n) is 12.5. The van der Waals surface area contributed by atoms with Gasteiger partial charge in [-0.1, -0.05) is 19.1 Å². The van der Waals surface area contributed by atoms with E-state index < -0.39 is 0 Å². The average molecular weight is 297 g/mol. The van der Waals surface area contributed by atoms with Crippen molar-refractivity contribution in [3.63, 3.8) is 0 Å². The Hall–Kier alpha value is -0.770. The van der Waals surface area contributed by atoms with Crippen molar-refractivity contribution in [1.29, 1.82) is 0 Å². The maximum atomic E-state index is 5.95. The number of benzene rings is 1. The molecule has 0 saturated carbocycles. The van der Waals surface area contributed by atoms with Crippen LogP contribution in [-0.2, 0) is 12.8 Å². The van der Waals surface area contributed by atoms with Gasteiger partial charge in [-0.3, -0.25) is 5.43 Å². The van der Waals surface area contributed by atoms with Gasteiger partial charge in [0.2, 0.25) is 0 Å². The highest BCUT2D eigenvalue weighted by Crippen LogP contribution is 2.31. The Morgan fingerprint density at radius 1 is 1.45 bits per heavy atom. The number of ether oxygens (including phenoxy) is 1. The van der Waals surface area contributed by atoms with Crippen LogP contribution in [0.15, 0.2) is 18.2 Å². The van der Waals surface area contributed by atoms with E-state index in [2.05, 4.69) is 35.6 Å². The van der Waals surface area contributed by atoms with Gasteiger partial charge in [-0.05, 0) is 42.9 Å². The third-order valence-corrected chi connectivity index (χ3v) is 4.14. The van der Waals surface area contributed by atoms with Gasteiger partial charge in [0.05, 0.1) is 7.11 Å². The zero-order chi connectivity index (χ0) is 14.4. The monoisotopic (exact) mass is 296 g/mol. The molecule has 0 spiro atoms. The van der Waals surface area contributed by atoms with Gasteiger partial charge in [-0.25, -0.2) is 5.01 Å². The minimum atomic E-state index is 0.504. The van der Waals surface area contributed by atoms with E-state index in [4.69, 9.17) is 16.3 Å². The molecule has 0 radical (unpaired) electrons. The van der Waals surface area contributed by atoms with Gasteiger partial charge in [0.25, 0.3) is 0 Å². The summed E-state index contributed by atoms with van der Waals surface area (Å²) in [5.41, 5.74) is 6.31. The van der Waals surface area contributed by atoms with Crippen molar-refractivity contribution >= 4 is 11.6 Å². The number of nitrogens with one attached hydrogen (secondary N) is 1. The number of methoxy groups -OCH3 is 1. The summed E-state index contributed by atoms with van der Waals surface area (Å²) in [6.45, 7) is 4.08. The first kappa shape index (κ1) is 15.6. The molecule has 1 aromatic rings. The quantitative estimate of drug-likeness (QED) is 0.618. The third kappa shape index (κ3) is 3.66. The van der Waals surface area contributed by atoms with Crippen LogP contribution < -0.4 is 10.2 Å². The van der Waals surface area contributed by atoms with Crippen LogP contribution in [0, 0.1) is 0 Å². The number of alkyl halides is 1. The second-order valence-corrected chi connectivity index (χ2v) is 5.66. The number of aryl methyl sites for hydroxylation is 1. The minimum absolute atomic E-state index is 0.504. The zero-order valence-corrected chi connectivity index (χ0v) is 13.2. The van der Waals surface area contributed by atoms with Crippen LogP contribution in [0.1, 0.15) is 30.9 Å². The lowest BCUT2D eigenvalue weighted by atomic mass is 9.87. The first-order valence-corrected chi connectivity index (χ1v) is 8.04. The number of hydrazine groups is 1. The molecule has 0 amide bonds. The average Bonchev–Trinajstić information content (AvgIpc) is 2.50. The fraction of sp³-hybridized carbons (Fsp3) is 0.625. The van der Waals surface area contributed by atoms with Crippen LogP contribution in [0.25, 0.3) is 0 Å². The summed E-state index contributed by atoms with van der Waals surface area (Å²) in [6, 6.07) is 6.87. The summed E-state index contributed by atoms with van der Waals surface area (Å²) in [7, 11) is 1.76. The summed E-state index contributed by atoms with van der Waals surface area (Å²) in [4.78, 5) is 0. The van der Waals surface area contributed by atoms with Crippen molar-refractivity contribution in [2.45, 2.75) is 38.6 Å². The van der Waals surface area contributed by atoms with Gasteiger partial charge in [0, 0.05) is 25.0 Å². The topological polar surface area (TPSA) is 24.5 Å². The van der Waals surface area contributed by atoms with E-state index in [1.165, 1.54) is 17.5 Å². The van der Waals surface area contributed by atoms with E-state index in [1.807, 2.05) is 0 Å². The smallest absolute Gasteiger partial charge is 0.122 e. The molecule has 1 aromatic carbocycles. The molecule has 0 fully saturated rings. The molecule has 0 aromatic heterocycles. The third-order valence-electron chi connectivity index (χ3n) is 3.97. The van der Waals surface area contributed by atoms with Gasteiger partial charge in [-0.15, -0.1) is 11.6 Å². The lowest BCUT2D eigenvalue weighted by Crippen LogP contribution is -2.49. The molecule has 1 aliphatic rings. The molecular weight excluding hydrogens is 272 g/mol. The van der Waals surface area contributed by atoms with Crippen LogP contribution in [-0.4, -0.2) is 37.1 Å². The normalized spacial score (nSPS) is 18.1. The second-order valence-electron chi connectivity index (χ2n) is 5.29. The summed E-state index contributed by atoms with van der Waals surface area (Å²) in [5, 5.41) is 2.33. The molecule has 1 atom stereocenters. The molecule has 112 valence electrons. The predicted molar refractivity (Wildman–Crippen MR) is 84.5 cm³/mol. The van der Waals surface area contributed by atoms with Gasteiger partial charge in [0.1, 0.15) is 5.75 Å². The summed E-state index contributed by atoms with van der Waals surface area (Å²) in [6.07, 6.45) is 4.45. The van der Waals surface area contributed by atoms with E-state index in [-0.39, 0.29) is 0 Å². The van der Waals surface area contributed by atoms with Crippen LogP contribution in [0.4, 0.5) is 0 Å². The molecule has 0 heterocycles. The maximum Gasteiger partial charge on any atom is 0.122 e. The van der Waals surface area contributed by atoms with E-state index >= 15 is 0 Å². The van der Waals surface area contributed by atoms with E-state index in [0.29, 0.717) is 11.9 Å². The molecule has 1 unspecified atom stereocenters. The van der Waals surface area contributed by atoms with Gasteiger partial charge in [0.15, 0.2) is 0 Å². The fourth-order valence-corrected chi connectivity index (χ4v) is 3.11. The molecule has 1 aliphatic carbocycles. The Kier molecular flexibility index (Phi) is 6.14. The van der Waals surface area contributed by atoms with Gasteiger partial charge >= 0.3 is 0 Å².